The van der Waals surface area contributed by atoms with Crippen molar-refractivity contribution in [3.8, 4) is 0 Å². The van der Waals surface area contributed by atoms with Crippen LogP contribution >= 0.6 is 0 Å². The quantitative estimate of drug-likeness (QED) is 0.705. The highest BCUT2D eigenvalue weighted by molar-refractivity contribution is 5.54. The van der Waals surface area contributed by atoms with Crippen LogP contribution in [-0.2, 0) is 4.79 Å². The first-order valence-electron chi connectivity index (χ1n) is 5.86. The second kappa shape index (κ2) is 6.99. The summed E-state index contributed by atoms with van der Waals surface area (Å²) < 4.78 is 0. The molecule has 14 heavy (non-hydrogen) atoms. The minimum Gasteiger partial charge on any atom is -0.319 e. The molecule has 2 unspecified atom stereocenters. The summed E-state index contributed by atoms with van der Waals surface area (Å²) in [5.41, 5.74) is 0.417. The average Bonchev–Trinajstić information content (AvgIpc) is 2.66. The molecule has 2 nitrogen and oxygen atoms in total. The van der Waals surface area contributed by atoms with E-state index in [4.69, 9.17) is 0 Å². The molecular weight excluding hydrogens is 174 g/mol. The molecule has 1 rings (SSSR count). The van der Waals surface area contributed by atoms with E-state index >= 15 is 0 Å². The van der Waals surface area contributed by atoms with Crippen molar-refractivity contribution >= 4 is 6.29 Å². The maximum atomic E-state index is 10.6. The summed E-state index contributed by atoms with van der Waals surface area (Å²) in [5.74, 6) is 0.332. The van der Waals surface area contributed by atoms with Crippen LogP contribution in [0.1, 0.15) is 46.5 Å². The van der Waals surface area contributed by atoms with Gasteiger partial charge in [0.1, 0.15) is 6.29 Å². The number of rotatable bonds is 4. The second-order valence-corrected chi connectivity index (χ2v) is 4.02. The Hall–Kier alpha value is -0.370. The molecule has 0 spiro atoms. The Morgan fingerprint density at radius 2 is 2.14 bits per heavy atom. The number of hydrogen-bond acceptors (Lipinski definition) is 2. The fourth-order valence-electron chi connectivity index (χ4n) is 2.35. The van der Waals surface area contributed by atoms with E-state index in [0.717, 1.165) is 25.7 Å². The zero-order chi connectivity index (χ0) is 11.0. The normalized spacial score (nSPS) is 30.7. The summed E-state index contributed by atoms with van der Waals surface area (Å²) in [5, 5.41) is 3.23. The third kappa shape index (κ3) is 3.41. The largest absolute Gasteiger partial charge is 0.319 e. The van der Waals surface area contributed by atoms with Crippen LogP contribution < -0.4 is 5.32 Å². The lowest BCUT2D eigenvalue weighted by atomic mass is 9.82. The number of carbonyl (C=O) groups is 1. The van der Waals surface area contributed by atoms with Crippen LogP contribution in [0.15, 0.2) is 0 Å². The summed E-state index contributed by atoms with van der Waals surface area (Å²) in [6, 6.07) is 0. The van der Waals surface area contributed by atoms with Crippen LogP contribution in [0.25, 0.3) is 0 Å². The molecule has 0 amide bonds. The Morgan fingerprint density at radius 1 is 1.50 bits per heavy atom. The molecule has 0 aromatic heterocycles. The van der Waals surface area contributed by atoms with E-state index in [9.17, 15) is 4.79 Å². The fourth-order valence-corrected chi connectivity index (χ4v) is 2.35. The van der Waals surface area contributed by atoms with E-state index in [-0.39, 0.29) is 0 Å². The Kier molecular flexibility index (Phi) is 6.81. The molecule has 0 aliphatic heterocycles. The predicted octanol–water partition coefficient (Wildman–Crippen LogP) is 2.63. The molecule has 0 heterocycles. The van der Waals surface area contributed by atoms with Crippen molar-refractivity contribution in [3.05, 3.63) is 0 Å². The lowest BCUT2D eigenvalue weighted by molar-refractivity contribution is -0.111. The number of aldehydes is 1. The molecule has 1 fully saturated rings. The Bertz CT molecular complexity index is 158. The smallest absolute Gasteiger partial charge is 0.123 e. The zero-order valence-electron chi connectivity index (χ0n) is 10.1. The lowest BCUT2D eigenvalue weighted by Gasteiger charge is -2.27. The van der Waals surface area contributed by atoms with Crippen molar-refractivity contribution < 1.29 is 4.79 Å². The first-order chi connectivity index (χ1) is 6.76. The summed E-state index contributed by atoms with van der Waals surface area (Å²) in [6.07, 6.45) is 5.73. The third-order valence-corrected chi connectivity index (χ3v) is 3.23. The maximum absolute atomic E-state index is 10.6. The highest BCUT2D eigenvalue weighted by atomic mass is 16.1. The molecule has 1 saturated carbocycles. The Morgan fingerprint density at radius 3 is 2.50 bits per heavy atom. The van der Waals surface area contributed by atoms with E-state index in [0.29, 0.717) is 11.3 Å². The number of carbonyl (C=O) groups excluding carboxylic acids is 1. The van der Waals surface area contributed by atoms with Gasteiger partial charge in [-0.3, -0.25) is 0 Å². The average molecular weight is 199 g/mol. The first kappa shape index (κ1) is 13.6. The number of nitrogens with one attached hydrogen (secondary N) is 1. The molecule has 0 bridgehead atoms. The van der Waals surface area contributed by atoms with E-state index < -0.39 is 0 Å². The van der Waals surface area contributed by atoms with Crippen LogP contribution in [0, 0.1) is 11.3 Å². The van der Waals surface area contributed by atoms with Crippen molar-refractivity contribution in [1.29, 1.82) is 0 Å². The summed E-state index contributed by atoms with van der Waals surface area (Å²) in [6.45, 7) is 7.29. The van der Waals surface area contributed by atoms with Crippen LogP contribution in [-0.4, -0.2) is 19.9 Å². The second-order valence-electron chi connectivity index (χ2n) is 4.02. The van der Waals surface area contributed by atoms with Gasteiger partial charge in [-0.05, 0) is 38.1 Å². The Labute approximate surface area is 88.5 Å². The molecule has 84 valence electrons. The molecule has 0 aromatic rings. The predicted molar refractivity (Wildman–Crippen MR) is 61.4 cm³/mol. The van der Waals surface area contributed by atoms with Crippen LogP contribution in [0.4, 0.5) is 0 Å². The van der Waals surface area contributed by atoms with Crippen molar-refractivity contribution in [2.24, 2.45) is 11.3 Å². The standard InChI is InChI=1S/C10H19NO.C2H6/c1-3-10(8-11-2)5-4-9(6-10)7-12;1-2/h7,9,11H,3-6,8H2,1-2H3;1-2H3. The minimum absolute atomic E-state index is 0.332. The van der Waals surface area contributed by atoms with Gasteiger partial charge in [0.2, 0.25) is 0 Å². The van der Waals surface area contributed by atoms with Gasteiger partial charge in [0.05, 0.1) is 0 Å². The van der Waals surface area contributed by atoms with Crippen molar-refractivity contribution in [1.82, 2.24) is 5.32 Å². The van der Waals surface area contributed by atoms with Gasteiger partial charge in [-0.2, -0.15) is 0 Å². The van der Waals surface area contributed by atoms with Gasteiger partial charge < -0.3 is 10.1 Å². The monoisotopic (exact) mass is 199 g/mol. The van der Waals surface area contributed by atoms with E-state index in [1.165, 1.54) is 12.8 Å². The van der Waals surface area contributed by atoms with Gasteiger partial charge >= 0.3 is 0 Å². The van der Waals surface area contributed by atoms with Gasteiger partial charge in [-0.25, -0.2) is 0 Å². The number of hydrogen-bond donors (Lipinski definition) is 1. The van der Waals surface area contributed by atoms with E-state index in [2.05, 4.69) is 12.2 Å². The molecular formula is C12H25NO. The van der Waals surface area contributed by atoms with Crippen LogP contribution in [0.5, 0.6) is 0 Å². The third-order valence-electron chi connectivity index (χ3n) is 3.23. The van der Waals surface area contributed by atoms with Crippen molar-refractivity contribution in [3.63, 3.8) is 0 Å². The van der Waals surface area contributed by atoms with Gasteiger partial charge in [0.25, 0.3) is 0 Å². The highest BCUT2D eigenvalue weighted by Gasteiger charge is 2.36. The topological polar surface area (TPSA) is 29.1 Å². The van der Waals surface area contributed by atoms with Gasteiger partial charge in [-0.1, -0.05) is 20.8 Å². The maximum Gasteiger partial charge on any atom is 0.123 e. The summed E-state index contributed by atoms with van der Waals surface area (Å²) in [7, 11) is 1.99. The lowest BCUT2D eigenvalue weighted by Crippen LogP contribution is -2.29. The fraction of sp³-hybridized carbons (Fsp3) is 0.917. The molecule has 0 aromatic carbocycles. The van der Waals surface area contributed by atoms with E-state index in [1.807, 2.05) is 20.9 Å². The van der Waals surface area contributed by atoms with Crippen molar-refractivity contribution in [2.45, 2.75) is 46.5 Å². The molecule has 2 heteroatoms. The first-order valence-corrected chi connectivity index (χ1v) is 5.86. The van der Waals surface area contributed by atoms with Crippen LogP contribution in [0.3, 0.4) is 0 Å². The Balaban J connectivity index is 0.000000791. The minimum atomic E-state index is 0.332. The molecule has 1 N–H and O–H groups in total. The van der Waals surface area contributed by atoms with Crippen molar-refractivity contribution in [2.75, 3.05) is 13.6 Å². The van der Waals surface area contributed by atoms with Crippen LogP contribution in [0.2, 0.25) is 0 Å². The zero-order valence-corrected chi connectivity index (χ0v) is 10.1. The molecule has 0 radical (unpaired) electrons. The molecule has 1 aliphatic rings. The summed E-state index contributed by atoms with van der Waals surface area (Å²) in [4.78, 5) is 10.6. The molecule has 0 saturated heterocycles. The SMILES string of the molecule is CC.CCC1(CNC)CCC(C=O)C1. The highest BCUT2D eigenvalue weighted by Crippen LogP contribution is 2.42. The van der Waals surface area contributed by atoms with Gasteiger partial charge in [0, 0.05) is 12.5 Å². The molecule has 1 aliphatic carbocycles. The van der Waals surface area contributed by atoms with Gasteiger partial charge in [-0.15, -0.1) is 0 Å². The van der Waals surface area contributed by atoms with E-state index in [1.54, 1.807) is 0 Å². The molecule has 2 atom stereocenters. The van der Waals surface area contributed by atoms with Gasteiger partial charge in [0.15, 0.2) is 0 Å². The summed E-state index contributed by atoms with van der Waals surface area (Å²) >= 11 is 0.